The molecule has 1 aromatic heterocycles. The van der Waals surface area contributed by atoms with Crippen LogP contribution < -0.4 is 10.0 Å². The van der Waals surface area contributed by atoms with Gasteiger partial charge in [-0.1, -0.05) is 0 Å². The maximum atomic E-state index is 11.8. The topological polar surface area (TPSA) is 114 Å². The number of sulfonamides is 1. The summed E-state index contributed by atoms with van der Waals surface area (Å²) in [6, 6.07) is 3.74. The van der Waals surface area contributed by atoms with Crippen molar-refractivity contribution < 1.29 is 13.3 Å². The molecule has 0 amide bonds. The van der Waals surface area contributed by atoms with Crippen LogP contribution in [0.3, 0.4) is 0 Å². The van der Waals surface area contributed by atoms with Gasteiger partial charge in [0.1, 0.15) is 5.69 Å². The number of hydrogen-bond acceptors (Lipinski definition) is 7. The highest BCUT2D eigenvalue weighted by Gasteiger charge is 2.20. The average Bonchev–Trinajstić information content (AvgIpc) is 2.82. The molecular formula is C13H16N4O4S2. The van der Waals surface area contributed by atoms with Crippen molar-refractivity contribution in [1.29, 1.82) is 0 Å². The summed E-state index contributed by atoms with van der Waals surface area (Å²) >= 11 is 1.55. The molecule has 0 saturated heterocycles. The summed E-state index contributed by atoms with van der Waals surface area (Å²) < 4.78 is 25.6. The fraction of sp³-hybridized carbons (Fsp3) is 0.308. The Bertz CT molecular complexity index is 846. The molecule has 1 aromatic carbocycles. The fourth-order valence-electron chi connectivity index (χ4n) is 2.01. The van der Waals surface area contributed by atoms with Crippen LogP contribution in [0.2, 0.25) is 0 Å². The second-order valence-corrected chi connectivity index (χ2v) is 8.03. The number of anilines is 1. The van der Waals surface area contributed by atoms with Crippen molar-refractivity contribution in [3.8, 4) is 0 Å². The van der Waals surface area contributed by atoms with Crippen LogP contribution in [0.25, 0.3) is 0 Å². The first-order valence-corrected chi connectivity index (χ1v) is 8.93. The van der Waals surface area contributed by atoms with Crippen molar-refractivity contribution >= 4 is 32.7 Å². The lowest BCUT2D eigenvalue weighted by Crippen LogP contribution is -2.18. The summed E-state index contributed by atoms with van der Waals surface area (Å²) in [4.78, 5) is 15.8. The summed E-state index contributed by atoms with van der Waals surface area (Å²) in [5.74, 6) is 0. The van der Waals surface area contributed by atoms with E-state index in [2.05, 4.69) is 15.0 Å². The fourth-order valence-corrected chi connectivity index (χ4v) is 3.60. The van der Waals surface area contributed by atoms with Crippen LogP contribution in [0, 0.1) is 24.0 Å². The zero-order valence-electron chi connectivity index (χ0n) is 12.8. The highest BCUT2D eigenvalue weighted by Crippen LogP contribution is 2.28. The molecule has 0 aliphatic carbocycles. The van der Waals surface area contributed by atoms with Crippen LogP contribution >= 0.6 is 11.3 Å². The highest BCUT2D eigenvalue weighted by atomic mass is 32.2. The summed E-state index contributed by atoms with van der Waals surface area (Å²) in [6.45, 7) is 4.15. The number of aromatic nitrogens is 1. The minimum absolute atomic E-state index is 0.155. The van der Waals surface area contributed by atoms with E-state index in [1.54, 1.807) is 11.3 Å². The monoisotopic (exact) mass is 356 g/mol. The zero-order chi connectivity index (χ0) is 17.2. The Kier molecular flexibility index (Phi) is 4.97. The van der Waals surface area contributed by atoms with Gasteiger partial charge in [-0.2, -0.15) is 0 Å². The standard InChI is InChI=1S/C13H16N4O4S2/c1-8-12(16-9(2)22-8)7-15-11-5-4-10(23(20,21)14-3)6-13(11)17(18)19/h4-6,14-15H,7H2,1-3H3. The van der Waals surface area contributed by atoms with E-state index in [1.807, 2.05) is 13.8 Å². The quantitative estimate of drug-likeness (QED) is 0.606. The van der Waals surface area contributed by atoms with E-state index in [0.717, 1.165) is 21.6 Å². The van der Waals surface area contributed by atoms with Crippen LogP contribution in [0.15, 0.2) is 23.1 Å². The molecule has 0 spiro atoms. The van der Waals surface area contributed by atoms with Crippen molar-refractivity contribution in [2.75, 3.05) is 12.4 Å². The van der Waals surface area contributed by atoms with E-state index in [-0.39, 0.29) is 16.3 Å². The molecule has 8 nitrogen and oxygen atoms in total. The van der Waals surface area contributed by atoms with Gasteiger partial charge in [0.25, 0.3) is 5.69 Å². The van der Waals surface area contributed by atoms with Crippen LogP contribution in [-0.2, 0) is 16.6 Å². The molecule has 0 aliphatic rings. The van der Waals surface area contributed by atoms with Crippen LogP contribution in [0.1, 0.15) is 15.6 Å². The predicted molar refractivity (Wildman–Crippen MR) is 88.3 cm³/mol. The van der Waals surface area contributed by atoms with Crippen LogP contribution in [0.5, 0.6) is 0 Å². The van der Waals surface area contributed by atoms with Gasteiger partial charge < -0.3 is 5.32 Å². The summed E-state index contributed by atoms with van der Waals surface area (Å²) in [5.41, 5.74) is 0.759. The molecule has 23 heavy (non-hydrogen) atoms. The molecule has 1 heterocycles. The minimum atomic E-state index is -3.73. The maximum Gasteiger partial charge on any atom is 0.293 e. The molecule has 0 atom stereocenters. The number of hydrogen-bond donors (Lipinski definition) is 2. The number of nitrogens with zero attached hydrogens (tertiary/aromatic N) is 2. The number of nitrogens with one attached hydrogen (secondary N) is 2. The van der Waals surface area contributed by atoms with Gasteiger partial charge in [-0.3, -0.25) is 10.1 Å². The molecule has 0 bridgehead atoms. The van der Waals surface area contributed by atoms with Gasteiger partial charge in [-0.05, 0) is 33.0 Å². The number of thiazole rings is 1. The van der Waals surface area contributed by atoms with Crippen molar-refractivity contribution in [3.63, 3.8) is 0 Å². The van der Waals surface area contributed by atoms with Gasteiger partial charge >= 0.3 is 0 Å². The summed E-state index contributed by atoms with van der Waals surface area (Å²) in [5, 5.41) is 15.1. The lowest BCUT2D eigenvalue weighted by molar-refractivity contribution is -0.384. The first-order chi connectivity index (χ1) is 10.7. The lowest BCUT2D eigenvalue weighted by atomic mass is 10.2. The lowest BCUT2D eigenvalue weighted by Gasteiger charge is -2.08. The Hall–Kier alpha value is -2.04. The average molecular weight is 356 g/mol. The predicted octanol–water partition coefficient (Wildman–Crippen LogP) is 2.19. The van der Waals surface area contributed by atoms with Crippen molar-refractivity contribution in [2.45, 2.75) is 25.3 Å². The van der Waals surface area contributed by atoms with Gasteiger partial charge in [-0.15, -0.1) is 11.3 Å². The van der Waals surface area contributed by atoms with E-state index < -0.39 is 14.9 Å². The van der Waals surface area contributed by atoms with Crippen molar-refractivity contribution in [1.82, 2.24) is 9.71 Å². The molecule has 0 unspecified atom stereocenters. The van der Waals surface area contributed by atoms with Gasteiger partial charge in [-0.25, -0.2) is 18.1 Å². The molecular weight excluding hydrogens is 340 g/mol. The van der Waals surface area contributed by atoms with E-state index in [4.69, 9.17) is 0 Å². The molecule has 2 N–H and O–H groups in total. The van der Waals surface area contributed by atoms with Gasteiger partial charge in [0.15, 0.2) is 0 Å². The van der Waals surface area contributed by atoms with E-state index >= 15 is 0 Å². The van der Waals surface area contributed by atoms with Gasteiger partial charge in [0.05, 0.1) is 27.1 Å². The van der Waals surface area contributed by atoms with Crippen molar-refractivity contribution in [3.05, 3.63) is 43.9 Å². The molecule has 2 rings (SSSR count). The second kappa shape index (κ2) is 6.60. The van der Waals surface area contributed by atoms with Gasteiger partial charge in [0.2, 0.25) is 10.0 Å². The third kappa shape index (κ3) is 3.84. The second-order valence-electron chi connectivity index (χ2n) is 4.73. The molecule has 0 aliphatic heterocycles. The third-order valence-corrected chi connectivity index (χ3v) is 5.53. The Labute approximate surface area is 137 Å². The Morgan fingerprint density at radius 2 is 2.04 bits per heavy atom. The molecule has 0 saturated carbocycles. The van der Waals surface area contributed by atoms with E-state index in [0.29, 0.717) is 6.54 Å². The van der Waals surface area contributed by atoms with E-state index in [1.165, 1.54) is 19.2 Å². The Morgan fingerprint density at radius 1 is 1.35 bits per heavy atom. The molecule has 2 aromatic rings. The number of nitro benzene ring substituents is 1. The van der Waals surface area contributed by atoms with Crippen LogP contribution in [-0.4, -0.2) is 25.4 Å². The number of aryl methyl sites for hydroxylation is 2. The largest absolute Gasteiger partial charge is 0.374 e. The first-order valence-electron chi connectivity index (χ1n) is 6.63. The molecule has 124 valence electrons. The molecule has 10 heteroatoms. The minimum Gasteiger partial charge on any atom is -0.374 e. The van der Waals surface area contributed by atoms with E-state index in [9.17, 15) is 18.5 Å². The summed E-state index contributed by atoms with van der Waals surface area (Å²) in [6.07, 6.45) is 0. The van der Waals surface area contributed by atoms with Gasteiger partial charge in [0, 0.05) is 10.9 Å². The smallest absolute Gasteiger partial charge is 0.293 e. The normalized spacial score (nSPS) is 11.4. The Morgan fingerprint density at radius 3 is 2.57 bits per heavy atom. The SMILES string of the molecule is CNS(=O)(=O)c1ccc(NCc2nc(C)sc2C)c([N+](=O)[O-])c1. The third-order valence-electron chi connectivity index (χ3n) is 3.19. The Balaban J connectivity index is 2.32. The summed E-state index contributed by atoms with van der Waals surface area (Å²) in [7, 11) is -2.48. The first kappa shape index (κ1) is 17.3. The molecule has 0 radical (unpaired) electrons. The zero-order valence-corrected chi connectivity index (χ0v) is 14.4. The van der Waals surface area contributed by atoms with Crippen molar-refractivity contribution in [2.24, 2.45) is 0 Å². The number of rotatable bonds is 6. The number of nitro groups is 1. The number of benzene rings is 1. The molecule has 0 fully saturated rings. The van der Waals surface area contributed by atoms with Crippen LogP contribution in [0.4, 0.5) is 11.4 Å². The maximum absolute atomic E-state index is 11.8. The highest BCUT2D eigenvalue weighted by molar-refractivity contribution is 7.89.